The van der Waals surface area contributed by atoms with Crippen LogP contribution in [0.4, 0.5) is 0 Å². The summed E-state index contributed by atoms with van der Waals surface area (Å²) in [5.74, 6) is 0.643. The normalized spacial score (nSPS) is 19.2. The smallest absolute Gasteiger partial charge is 0.212 e. The summed E-state index contributed by atoms with van der Waals surface area (Å²) in [4.78, 5) is 9.39. The number of nitrogens with zero attached hydrogens (tertiary/aromatic N) is 3. The molecule has 0 bridgehead atoms. The molecule has 1 saturated heterocycles. The van der Waals surface area contributed by atoms with Gasteiger partial charge in [0.25, 0.3) is 0 Å². The Morgan fingerprint density at radius 1 is 1.29 bits per heavy atom. The van der Waals surface area contributed by atoms with Crippen molar-refractivity contribution in [2.24, 2.45) is 5.73 Å². The second-order valence-corrected chi connectivity index (χ2v) is 5.95. The van der Waals surface area contributed by atoms with E-state index in [0.29, 0.717) is 5.89 Å². The van der Waals surface area contributed by atoms with Gasteiger partial charge in [0, 0.05) is 32.7 Å². The number of hydrogen-bond donors (Lipinski definition) is 1. The van der Waals surface area contributed by atoms with Crippen molar-refractivity contribution < 1.29 is 4.42 Å². The average molecular weight is 288 g/mol. The highest BCUT2D eigenvalue weighted by Gasteiger charge is 2.15. The molecule has 1 aromatic heterocycles. The molecule has 0 radical (unpaired) electrons. The van der Waals surface area contributed by atoms with Crippen molar-refractivity contribution in [3.05, 3.63) is 29.7 Å². The van der Waals surface area contributed by atoms with Gasteiger partial charge in [-0.15, -0.1) is 0 Å². The fraction of sp³-hybridized carbons (Fsp3) is 0.562. The molecule has 0 amide bonds. The van der Waals surface area contributed by atoms with E-state index in [9.17, 15) is 0 Å². The number of aromatic nitrogens is 1. The van der Waals surface area contributed by atoms with Crippen molar-refractivity contribution in [3.8, 4) is 0 Å². The molecule has 1 atom stereocenters. The molecule has 5 nitrogen and oxygen atoms in total. The molecule has 2 N–H and O–H groups in total. The van der Waals surface area contributed by atoms with E-state index in [-0.39, 0.29) is 6.04 Å². The fourth-order valence-electron chi connectivity index (χ4n) is 2.69. The number of rotatable bonds is 4. The number of benzene rings is 1. The maximum absolute atomic E-state index is 5.99. The molecule has 21 heavy (non-hydrogen) atoms. The van der Waals surface area contributed by atoms with Gasteiger partial charge in [-0.2, -0.15) is 0 Å². The van der Waals surface area contributed by atoms with Gasteiger partial charge >= 0.3 is 0 Å². The maximum Gasteiger partial charge on any atom is 0.212 e. The van der Waals surface area contributed by atoms with Crippen molar-refractivity contribution in [3.63, 3.8) is 0 Å². The minimum absolute atomic E-state index is 0.113. The van der Waals surface area contributed by atoms with E-state index in [1.807, 2.05) is 13.0 Å². The van der Waals surface area contributed by atoms with E-state index in [1.54, 1.807) is 0 Å². The van der Waals surface area contributed by atoms with Crippen LogP contribution in [-0.2, 0) is 6.54 Å². The Kier molecular flexibility index (Phi) is 4.24. The van der Waals surface area contributed by atoms with Crippen molar-refractivity contribution in [1.82, 2.24) is 14.8 Å². The van der Waals surface area contributed by atoms with E-state index in [2.05, 4.69) is 34.0 Å². The van der Waals surface area contributed by atoms with Crippen LogP contribution in [0.15, 0.2) is 22.6 Å². The molecule has 3 rings (SSSR count). The highest BCUT2D eigenvalue weighted by atomic mass is 16.3. The summed E-state index contributed by atoms with van der Waals surface area (Å²) >= 11 is 0. The highest BCUT2D eigenvalue weighted by molar-refractivity contribution is 5.73. The van der Waals surface area contributed by atoms with E-state index in [1.165, 1.54) is 5.56 Å². The Morgan fingerprint density at radius 2 is 2.05 bits per heavy atom. The lowest BCUT2D eigenvalue weighted by Gasteiger charge is -2.32. The van der Waals surface area contributed by atoms with Gasteiger partial charge in [-0.3, -0.25) is 4.90 Å². The lowest BCUT2D eigenvalue weighted by Crippen LogP contribution is -2.43. The van der Waals surface area contributed by atoms with Crippen LogP contribution in [0.1, 0.15) is 30.8 Å². The predicted molar refractivity (Wildman–Crippen MR) is 84.0 cm³/mol. The molecular weight excluding hydrogens is 264 g/mol. The summed E-state index contributed by atoms with van der Waals surface area (Å²) in [5.41, 5.74) is 9.03. The lowest BCUT2D eigenvalue weighted by molar-refractivity contribution is 0.148. The van der Waals surface area contributed by atoms with Crippen LogP contribution in [0.5, 0.6) is 0 Å². The first kappa shape index (κ1) is 14.5. The Bertz CT molecular complexity index is 601. The Hall–Kier alpha value is -1.43. The minimum atomic E-state index is -0.113. The highest BCUT2D eigenvalue weighted by Crippen LogP contribution is 2.22. The molecule has 2 heterocycles. The third-order valence-electron chi connectivity index (χ3n) is 4.23. The second-order valence-electron chi connectivity index (χ2n) is 5.95. The molecule has 0 aliphatic carbocycles. The van der Waals surface area contributed by atoms with Gasteiger partial charge in [-0.05, 0) is 31.2 Å². The first-order valence-corrected chi connectivity index (χ1v) is 7.71. The van der Waals surface area contributed by atoms with E-state index in [4.69, 9.17) is 10.2 Å². The first-order chi connectivity index (χ1) is 10.2. The van der Waals surface area contributed by atoms with Gasteiger partial charge in [0.1, 0.15) is 5.52 Å². The molecule has 1 aromatic carbocycles. The quantitative estimate of drug-likeness (QED) is 0.932. The summed E-state index contributed by atoms with van der Waals surface area (Å²) < 4.78 is 5.72. The number of piperazine rings is 1. The SMILES string of the molecule is CCC(N)c1nc2cc(CN3CCN(C)CC3)ccc2o1. The summed E-state index contributed by atoms with van der Waals surface area (Å²) in [6.45, 7) is 7.55. The minimum Gasteiger partial charge on any atom is -0.439 e. The van der Waals surface area contributed by atoms with Crippen LogP contribution in [0, 0.1) is 0 Å². The van der Waals surface area contributed by atoms with Crippen LogP contribution in [0.2, 0.25) is 0 Å². The van der Waals surface area contributed by atoms with Crippen LogP contribution in [0.3, 0.4) is 0 Å². The summed E-state index contributed by atoms with van der Waals surface area (Å²) in [6.07, 6.45) is 0.834. The van der Waals surface area contributed by atoms with Crippen LogP contribution in [-0.4, -0.2) is 48.0 Å². The van der Waals surface area contributed by atoms with Crippen LogP contribution >= 0.6 is 0 Å². The summed E-state index contributed by atoms with van der Waals surface area (Å²) in [5, 5.41) is 0. The third kappa shape index (κ3) is 3.26. The molecule has 5 heteroatoms. The molecule has 2 aromatic rings. The number of oxazole rings is 1. The molecule has 1 aliphatic rings. The van der Waals surface area contributed by atoms with Crippen LogP contribution in [0.25, 0.3) is 11.1 Å². The largest absolute Gasteiger partial charge is 0.439 e. The lowest BCUT2D eigenvalue weighted by atomic mass is 10.2. The van der Waals surface area contributed by atoms with Gasteiger partial charge < -0.3 is 15.1 Å². The molecule has 114 valence electrons. The van der Waals surface area contributed by atoms with Gasteiger partial charge in [-0.25, -0.2) is 4.98 Å². The van der Waals surface area contributed by atoms with Crippen molar-refractivity contribution in [1.29, 1.82) is 0 Å². The summed E-state index contributed by atoms with van der Waals surface area (Å²) in [6, 6.07) is 6.16. The van der Waals surface area contributed by atoms with E-state index < -0.39 is 0 Å². The third-order valence-corrected chi connectivity index (χ3v) is 4.23. The Morgan fingerprint density at radius 3 is 2.76 bits per heavy atom. The summed E-state index contributed by atoms with van der Waals surface area (Å²) in [7, 11) is 2.18. The zero-order valence-electron chi connectivity index (χ0n) is 12.9. The van der Waals surface area contributed by atoms with Crippen molar-refractivity contribution in [2.75, 3.05) is 33.2 Å². The number of nitrogens with two attached hydrogens (primary N) is 1. The molecule has 1 aliphatic heterocycles. The topological polar surface area (TPSA) is 58.5 Å². The molecule has 1 unspecified atom stereocenters. The van der Waals surface area contributed by atoms with E-state index in [0.717, 1.165) is 50.2 Å². The standard InChI is InChI=1S/C16H24N4O/c1-3-13(17)16-18-14-10-12(4-5-15(14)21-16)11-20-8-6-19(2)7-9-20/h4-5,10,13H,3,6-9,11,17H2,1-2H3. The average Bonchev–Trinajstić information content (AvgIpc) is 2.92. The van der Waals surface area contributed by atoms with Gasteiger partial charge in [0.05, 0.1) is 6.04 Å². The number of hydrogen-bond acceptors (Lipinski definition) is 5. The maximum atomic E-state index is 5.99. The zero-order valence-corrected chi connectivity index (χ0v) is 12.9. The number of likely N-dealkylation sites (N-methyl/N-ethyl adjacent to an activating group) is 1. The van der Waals surface area contributed by atoms with Crippen LogP contribution < -0.4 is 5.73 Å². The monoisotopic (exact) mass is 288 g/mol. The van der Waals surface area contributed by atoms with Gasteiger partial charge in [0.2, 0.25) is 5.89 Å². The first-order valence-electron chi connectivity index (χ1n) is 7.71. The Labute approximate surface area is 125 Å². The zero-order chi connectivity index (χ0) is 14.8. The fourth-order valence-corrected chi connectivity index (χ4v) is 2.69. The number of fused-ring (bicyclic) bond motifs is 1. The molecule has 0 spiro atoms. The molecule has 0 saturated carbocycles. The second kappa shape index (κ2) is 6.13. The molecular formula is C16H24N4O. The van der Waals surface area contributed by atoms with Gasteiger partial charge in [0.15, 0.2) is 5.58 Å². The predicted octanol–water partition coefficient (Wildman–Crippen LogP) is 1.98. The molecule has 1 fully saturated rings. The van der Waals surface area contributed by atoms with E-state index >= 15 is 0 Å². The van der Waals surface area contributed by atoms with Gasteiger partial charge in [-0.1, -0.05) is 13.0 Å². The van der Waals surface area contributed by atoms with Crippen molar-refractivity contribution in [2.45, 2.75) is 25.9 Å². The van der Waals surface area contributed by atoms with Crippen molar-refractivity contribution >= 4 is 11.1 Å². The Balaban J connectivity index is 1.74.